The van der Waals surface area contributed by atoms with Crippen molar-refractivity contribution >= 4 is 16.4 Å². The van der Waals surface area contributed by atoms with Crippen molar-refractivity contribution in [2.75, 3.05) is 26.4 Å². The van der Waals surface area contributed by atoms with Gasteiger partial charge in [-0.25, -0.2) is 4.18 Å². The molecule has 1 aliphatic rings. The van der Waals surface area contributed by atoms with Gasteiger partial charge in [-0.2, -0.15) is 8.42 Å². The summed E-state index contributed by atoms with van der Waals surface area (Å²) in [5, 5.41) is 30.7. The van der Waals surface area contributed by atoms with Crippen LogP contribution in [0.5, 0.6) is 0 Å². The van der Waals surface area contributed by atoms with Crippen LogP contribution in [0, 0.1) is 0 Å². The molecular weight excluding hydrogens is 837 g/mol. The van der Waals surface area contributed by atoms with Crippen LogP contribution in [0.15, 0.2) is 85.1 Å². The molecule has 0 amide bonds. The Kier molecular flexibility index (Phi) is 38.6. The largest absolute Gasteiger partial charge is 0.457 e. The molecule has 0 saturated carbocycles. The first-order valence-electron chi connectivity index (χ1n) is 24.3. The van der Waals surface area contributed by atoms with Crippen molar-refractivity contribution in [1.29, 1.82) is 0 Å². The molecule has 0 aliphatic carbocycles. The molecule has 6 unspecified atom stereocenters. The molecule has 6 atom stereocenters. The summed E-state index contributed by atoms with van der Waals surface area (Å²) in [5.41, 5.74) is 0. The van der Waals surface area contributed by atoms with Gasteiger partial charge in [0.05, 0.1) is 19.8 Å². The fraction of sp³-hybridized carbons (Fsp3) is 0.706. The first-order valence-corrected chi connectivity index (χ1v) is 25.7. The molecule has 0 radical (unpaired) electrons. The summed E-state index contributed by atoms with van der Waals surface area (Å²) >= 11 is 0. The second-order valence-electron chi connectivity index (χ2n) is 16.3. The van der Waals surface area contributed by atoms with Crippen molar-refractivity contribution in [3.63, 3.8) is 0 Å². The van der Waals surface area contributed by atoms with E-state index in [1.807, 2.05) is 0 Å². The number of carbonyl (C=O) groups excluding carboxylic acids is 1. The number of hydrogen-bond donors (Lipinski definition) is 4. The van der Waals surface area contributed by atoms with E-state index in [-0.39, 0.29) is 19.6 Å². The lowest BCUT2D eigenvalue weighted by Gasteiger charge is -2.41. The van der Waals surface area contributed by atoms with Gasteiger partial charge in [-0.15, -0.1) is 0 Å². The molecule has 13 heteroatoms. The van der Waals surface area contributed by atoms with Gasteiger partial charge in [0.2, 0.25) is 0 Å². The van der Waals surface area contributed by atoms with Crippen molar-refractivity contribution in [1.82, 2.24) is 0 Å². The van der Waals surface area contributed by atoms with E-state index in [0.29, 0.717) is 13.0 Å². The lowest BCUT2D eigenvalue weighted by molar-refractivity contribution is -0.301. The number of aliphatic hydroxyl groups excluding tert-OH is 3. The fourth-order valence-corrected chi connectivity index (χ4v) is 7.35. The highest BCUT2D eigenvalue weighted by Gasteiger charge is 2.48. The lowest BCUT2D eigenvalue weighted by Crippen LogP contribution is -2.60. The van der Waals surface area contributed by atoms with Crippen LogP contribution in [0.1, 0.15) is 168 Å². The van der Waals surface area contributed by atoms with Crippen LogP contribution in [0.2, 0.25) is 0 Å². The Labute approximate surface area is 387 Å². The van der Waals surface area contributed by atoms with Gasteiger partial charge in [0, 0.05) is 13.0 Å². The third-order valence-corrected chi connectivity index (χ3v) is 11.0. The molecule has 0 spiro atoms. The molecule has 368 valence electrons. The summed E-state index contributed by atoms with van der Waals surface area (Å²) in [5.74, 6) is -0.426. The van der Waals surface area contributed by atoms with Crippen molar-refractivity contribution in [2.45, 2.75) is 205 Å². The van der Waals surface area contributed by atoms with Crippen molar-refractivity contribution < 1.29 is 56.2 Å². The SMILES string of the molecule is CC/C=C\C/C=C\C/C=C\C/C=C\CCCCCOCC(COC1OC(CO)C(O)C(OS(=O)(=O)O)C1O)OC(=O)CCCCCCCC/C=C\C/C=C\C/C=C\CCCCCCC. The maximum absolute atomic E-state index is 12.9. The van der Waals surface area contributed by atoms with Crippen LogP contribution >= 0.6 is 0 Å². The second kappa shape index (κ2) is 41.7. The molecule has 64 heavy (non-hydrogen) atoms. The van der Waals surface area contributed by atoms with E-state index in [1.165, 1.54) is 38.5 Å². The molecule has 0 aromatic carbocycles. The minimum atomic E-state index is -5.07. The third-order valence-electron chi connectivity index (χ3n) is 10.5. The fourth-order valence-electron chi connectivity index (χ4n) is 6.85. The van der Waals surface area contributed by atoms with Gasteiger partial charge in [-0.1, -0.05) is 157 Å². The highest BCUT2D eigenvalue weighted by molar-refractivity contribution is 7.80. The number of esters is 1. The highest BCUT2D eigenvalue weighted by atomic mass is 32.3. The molecule has 1 rings (SSSR count). The van der Waals surface area contributed by atoms with E-state index in [1.54, 1.807) is 0 Å². The summed E-state index contributed by atoms with van der Waals surface area (Å²) in [6, 6.07) is 0. The van der Waals surface area contributed by atoms with E-state index in [9.17, 15) is 33.1 Å². The van der Waals surface area contributed by atoms with E-state index >= 15 is 0 Å². The average Bonchev–Trinajstić information content (AvgIpc) is 3.27. The van der Waals surface area contributed by atoms with Crippen LogP contribution in [0.3, 0.4) is 0 Å². The van der Waals surface area contributed by atoms with Crippen molar-refractivity contribution in [3.8, 4) is 0 Å². The molecule has 0 bridgehead atoms. The molecule has 1 fully saturated rings. The maximum atomic E-state index is 12.9. The molecule has 1 saturated heterocycles. The van der Waals surface area contributed by atoms with Gasteiger partial charge >= 0.3 is 16.4 Å². The standard InChI is InChI=1S/C51H86O12S/c1-3-5-7-9-11-13-15-17-19-21-22-23-24-25-26-28-30-32-34-36-38-40-47(53)61-45(44-60-51-49(55)50(63-64(56,57)58)48(54)46(42-52)62-51)43-59-41-39-37-35-33-31-29-27-20-18-16-14-12-10-8-6-4-2/h6,8,12,14-15,17-18,20-22,24-25,29,31,45-46,48-52,54-55H,3-5,7,9-11,13,16,19,23,26-28,30,32-44H2,1-2H3,(H,56,57,58)/b8-6-,14-12-,17-15-,20-18-,22-21-,25-24-,31-29-. The van der Waals surface area contributed by atoms with E-state index in [4.69, 9.17) is 18.9 Å². The Hall–Kier alpha value is -2.72. The summed E-state index contributed by atoms with van der Waals surface area (Å²) in [6.45, 7) is 3.76. The zero-order chi connectivity index (χ0) is 46.8. The first-order chi connectivity index (χ1) is 31.1. The molecule has 0 aromatic heterocycles. The smallest absolute Gasteiger partial charge is 0.397 e. The zero-order valence-electron chi connectivity index (χ0n) is 39.3. The van der Waals surface area contributed by atoms with Gasteiger partial charge in [0.15, 0.2) is 6.29 Å². The van der Waals surface area contributed by atoms with Gasteiger partial charge in [0.25, 0.3) is 0 Å². The van der Waals surface area contributed by atoms with Gasteiger partial charge in [-0.3, -0.25) is 9.35 Å². The minimum Gasteiger partial charge on any atom is -0.457 e. The van der Waals surface area contributed by atoms with Crippen molar-refractivity contribution in [2.24, 2.45) is 0 Å². The minimum absolute atomic E-state index is 0.00378. The number of rotatable bonds is 41. The Morgan fingerprint density at radius 1 is 0.609 bits per heavy atom. The molecule has 1 aliphatic heterocycles. The van der Waals surface area contributed by atoms with E-state index < -0.39 is 59.8 Å². The molecular formula is C51H86O12S. The quantitative estimate of drug-likeness (QED) is 0.0198. The molecule has 4 N–H and O–H groups in total. The topological polar surface area (TPSA) is 178 Å². The number of carbonyl (C=O) groups is 1. The Bertz CT molecular complexity index is 1440. The maximum Gasteiger partial charge on any atom is 0.397 e. The highest BCUT2D eigenvalue weighted by Crippen LogP contribution is 2.26. The second-order valence-corrected chi connectivity index (χ2v) is 17.4. The number of aliphatic hydroxyl groups is 3. The van der Waals surface area contributed by atoms with Gasteiger partial charge in [-0.05, 0) is 89.9 Å². The number of ether oxygens (including phenoxy) is 4. The Morgan fingerprint density at radius 3 is 1.58 bits per heavy atom. The summed E-state index contributed by atoms with van der Waals surface area (Å²) < 4.78 is 59.1. The summed E-state index contributed by atoms with van der Waals surface area (Å²) in [4.78, 5) is 12.9. The third kappa shape index (κ3) is 34.6. The van der Waals surface area contributed by atoms with Crippen LogP contribution < -0.4 is 0 Å². The summed E-state index contributed by atoms with van der Waals surface area (Å²) in [6.07, 6.45) is 46.1. The van der Waals surface area contributed by atoms with Crippen LogP contribution in [0.4, 0.5) is 0 Å². The lowest BCUT2D eigenvalue weighted by atomic mass is 9.99. The Balaban J connectivity index is 2.43. The van der Waals surface area contributed by atoms with Gasteiger partial charge < -0.3 is 34.3 Å². The molecule has 1 heterocycles. The van der Waals surface area contributed by atoms with E-state index in [0.717, 1.165) is 103 Å². The average molecular weight is 923 g/mol. The van der Waals surface area contributed by atoms with Crippen LogP contribution in [-0.2, 0) is 38.3 Å². The predicted octanol–water partition coefficient (Wildman–Crippen LogP) is 10.9. The molecule has 0 aromatic rings. The zero-order valence-corrected chi connectivity index (χ0v) is 40.1. The Morgan fingerprint density at radius 2 is 1.08 bits per heavy atom. The number of allylic oxidation sites excluding steroid dienone is 14. The monoisotopic (exact) mass is 923 g/mol. The summed E-state index contributed by atoms with van der Waals surface area (Å²) in [7, 11) is -5.07. The van der Waals surface area contributed by atoms with E-state index in [2.05, 4.69) is 103 Å². The van der Waals surface area contributed by atoms with Gasteiger partial charge in [0.1, 0.15) is 30.5 Å². The van der Waals surface area contributed by atoms with Crippen LogP contribution in [-0.4, -0.2) is 97.5 Å². The predicted molar refractivity (Wildman–Crippen MR) is 257 cm³/mol. The molecule has 12 nitrogen and oxygen atoms in total. The van der Waals surface area contributed by atoms with Crippen LogP contribution in [0.25, 0.3) is 0 Å². The number of hydrogen-bond acceptors (Lipinski definition) is 11. The normalized spacial score (nSPS) is 20.5. The number of unbranched alkanes of at least 4 members (excludes halogenated alkanes) is 14. The van der Waals surface area contributed by atoms with Crippen molar-refractivity contribution in [3.05, 3.63) is 85.1 Å². The first kappa shape index (κ1) is 59.3.